The minimum Gasteiger partial charge on any atom is -0.399 e. The number of hydrogen-bond donors (Lipinski definition) is 4. The second-order valence-electron chi connectivity index (χ2n) is 5.30. The van der Waals surface area contributed by atoms with Gasteiger partial charge in [0.1, 0.15) is 0 Å². The largest absolute Gasteiger partial charge is 0.399 e. The van der Waals surface area contributed by atoms with Crippen molar-refractivity contribution in [1.29, 1.82) is 0 Å². The van der Waals surface area contributed by atoms with E-state index in [-0.39, 0.29) is 37.5 Å². The Morgan fingerprint density at radius 2 is 1.75 bits per heavy atom. The van der Waals surface area contributed by atoms with Gasteiger partial charge in [0.15, 0.2) is 0 Å². The number of benzene rings is 2. The van der Waals surface area contributed by atoms with Gasteiger partial charge in [-0.1, -0.05) is 35.9 Å². The van der Waals surface area contributed by atoms with Crippen LogP contribution in [0.5, 0.6) is 0 Å². The highest BCUT2D eigenvalue weighted by molar-refractivity contribution is 6.30. The molecule has 134 valence electrons. The monoisotopic (exact) mass is 392 g/mol. The Balaban J connectivity index is 0.00000264. The molecule has 2 aromatic rings. The smallest absolute Gasteiger partial charge is 0.0915 e. The van der Waals surface area contributed by atoms with E-state index in [4.69, 9.17) is 17.3 Å². The normalized spacial score (nSPS) is 12.6. The van der Waals surface area contributed by atoms with E-state index in [1.54, 1.807) is 18.2 Å². The average Bonchev–Trinajstić information content (AvgIpc) is 2.53. The molecule has 0 aromatic heterocycles. The highest BCUT2D eigenvalue weighted by Crippen LogP contribution is 2.17. The SMILES string of the molecule is Cl.Cl.Nc1ccc(C[C@@H](CO)NC[C@@H](O)c2cccc(Cl)c2)cc1. The van der Waals surface area contributed by atoms with Crippen molar-refractivity contribution < 1.29 is 10.2 Å². The molecular weight excluding hydrogens is 371 g/mol. The Morgan fingerprint density at radius 1 is 1.08 bits per heavy atom. The molecule has 0 aliphatic carbocycles. The summed E-state index contributed by atoms with van der Waals surface area (Å²) >= 11 is 5.92. The average molecular weight is 394 g/mol. The van der Waals surface area contributed by atoms with Crippen LogP contribution in [0.1, 0.15) is 17.2 Å². The maximum Gasteiger partial charge on any atom is 0.0915 e. The van der Waals surface area contributed by atoms with Crippen LogP contribution in [0.3, 0.4) is 0 Å². The van der Waals surface area contributed by atoms with Crippen LogP contribution in [0.15, 0.2) is 48.5 Å². The molecular formula is C17H23Cl3N2O2. The summed E-state index contributed by atoms with van der Waals surface area (Å²) < 4.78 is 0. The number of anilines is 1. The van der Waals surface area contributed by atoms with Gasteiger partial charge in [-0.05, 0) is 41.8 Å². The summed E-state index contributed by atoms with van der Waals surface area (Å²) in [6, 6.07) is 14.6. The molecule has 0 bridgehead atoms. The van der Waals surface area contributed by atoms with Gasteiger partial charge in [-0.2, -0.15) is 0 Å². The van der Waals surface area contributed by atoms with Crippen LogP contribution in [-0.2, 0) is 6.42 Å². The van der Waals surface area contributed by atoms with E-state index in [0.717, 1.165) is 11.1 Å². The number of rotatable bonds is 7. The van der Waals surface area contributed by atoms with E-state index >= 15 is 0 Å². The van der Waals surface area contributed by atoms with Gasteiger partial charge >= 0.3 is 0 Å². The van der Waals surface area contributed by atoms with Gasteiger partial charge in [0.25, 0.3) is 0 Å². The zero-order chi connectivity index (χ0) is 15.9. The molecule has 2 atom stereocenters. The topological polar surface area (TPSA) is 78.5 Å². The van der Waals surface area contributed by atoms with Crippen molar-refractivity contribution in [2.24, 2.45) is 0 Å². The van der Waals surface area contributed by atoms with Crippen LogP contribution in [0.25, 0.3) is 0 Å². The first-order valence-corrected chi connectivity index (χ1v) is 7.58. The third-order valence-electron chi connectivity index (χ3n) is 3.52. The fraction of sp³-hybridized carbons (Fsp3) is 0.294. The van der Waals surface area contributed by atoms with E-state index in [2.05, 4.69) is 5.32 Å². The van der Waals surface area contributed by atoms with Gasteiger partial charge in [0.05, 0.1) is 12.7 Å². The number of aliphatic hydroxyl groups excluding tert-OH is 2. The fourth-order valence-corrected chi connectivity index (χ4v) is 2.45. The van der Waals surface area contributed by atoms with E-state index in [0.29, 0.717) is 23.7 Å². The van der Waals surface area contributed by atoms with Crippen molar-refractivity contribution in [2.45, 2.75) is 18.6 Å². The number of halogens is 3. The predicted molar refractivity (Wildman–Crippen MR) is 104 cm³/mol. The standard InChI is InChI=1S/C17H21ClN2O2.2ClH/c18-14-3-1-2-13(9-14)17(22)10-20-16(11-21)8-12-4-6-15(19)7-5-12;;/h1-7,9,16-17,20-22H,8,10-11,19H2;2*1H/t16-,17+;;/m0../s1. The maximum atomic E-state index is 10.2. The summed E-state index contributed by atoms with van der Waals surface area (Å²) in [6.45, 7) is 0.340. The van der Waals surface area contributed by atoms with Gasteiger partial charge in [-0.25, -0.2) is 0 Å². The maximum absolute atomic E-state index is 10.2. The van der Waals surface area contributed by atoms with E-state index in [9.17, 15) is 10.2 Å². The molecule has 0 amide bonds. The van der Waals surface area contributed by atoms with Crippen molar-refractivity contribution in [2.75, 3.05) is 18.9 Å². The van der Waals surface area contributed by atoms with Crippen molar-refractivity contribution >= 4 is 42.1 Å². The third kappa shape index (κ3) is 7.26. The molecule has 7 heteroatoms. The van der Waals surface area contributed by atoms with Crippen LogP contribution >= 0.6 is 36.4 Å². The summed E-state index contributed by atoms with van der Waals surface area (Å²) in [5, 5.41) is 23.4. The molecule has 0 radical (unpaired) electrons. The lowest BCUT2D eigenvalue weighted by Crippen LogP contribution is -2.37. The Labute approximate surface area is 159 Å². The number of nitrogen functional groups attached to an aromatic ring is 1. The van der Waals surface area contributed by atoms with Gasteiger partial charge in [0.2, 0.25) is 0 Å². The van der Waals surface area contributed by atoms with Crippen LogP contribution in [0.4, 0.5) is 5.69 Å². The Hall–Kier alpha value is -1.01. The lowest BCUT2D eigenvalue weighted by atomic mass is 10.0. The predicted octanol–water partition coefficient (Wildman–Crippen LogP) is 2.99. The fourth-order valence-electron chi connectivity index (χ4n) is 2.25. The molecule has 24 heavy (non-hydrogen) atoms. The third-order valence-corrected chi connectivity index (χ3v) is 3.75. The second kappa shape index (κ2) is 11.5. The molecule has 0 aliphatic rings. The first-order valence-electron chi connectivity index (χ1n) is 7.20. The quantitative estimate of drug-likeness (QED) is 0.545. The first-order chi connectivity index (χ1) is 10.6. The number of nitrogens with two attached hydrogens (primary N) is 1. The van der Waals surface area contributed by atoms with Gasteiger partial charge in [-0.15, -0.1) is 24.8 Å². The highest BCUT2D eigenvalue weighted by atomic mass is 35.5. The van der Waals surface area contributed by atoms with Crippen molar-refractivity contribution in [3.05, 3.63) is 64.7 Å². The van der Waals surface area contributed by atoms with Gasteiger partial charge in [0, 0.05) is 23.3 Å². The summed E-state index contributed by atoms with van der Waals surface area (Å²) in [6.07, 6.45) is -0.00172. The number of hydrogen-bond acceptors (Lipinski definition) is 4. The van der Waals surface area contributed by atoms with E-state index in [1.165, 1.54) is 0 Å². The molecule has 0 heterocycles. The summed E-state index contributed by atoms with van der Waals surface area (Å²) in [5.41, 5.74) is 8.21. The Bertz CT molecular complexity index is 597. The summed E-state index contributed by atoms with van der Waals surface area (Å²) in [7, 11) is 0. The molecule has 0 unspecified atom stereocenters. The first kappa shape index (κ1) is 23.0. The van der Waals surface area contributed by atoms with Gasteiger partial charge in [-0.3, -0.25) is 0 Å². The second-order valence-corrected chi connectivity index (χ2v) is 5.74. The number of aliphatic hydroxyl groups is 2. The lowest BCUT2D eigenvalue weighted by molar-refractivity contribution is 0.158. The molecule has 0 saturated heterocycles. The molecule has 4 nitrogen and oxygen atoms in total. The minimum atomic E-state index is -0.667. The molecule has 0 spiro atoms. The molecule has 5 N–H and O–H groups in total. The highest BCUT2D eigenvalue weighted by Gasteiger charge is 2.12. The lowest BCUT2D eigenvalue weighted by Gasteiger charge is -2.19. The van der Waals surface area contributed by atoms with Crippen molar-refractivity contribution in [1.82, 2.24) is 5.32 Å². The van der Waals surface area contributed by atoms with Gasteiger partial charge < -0.3 is 21.3 Å². The summed E-state index contributed by atoms with van der Waals surface area (Å²) in [4.78, 5) is 0. The molecule has 2 aromatic carbocycles. The van der Waals surface area contributed by atoms with Crippen LogP contribution in [-0.4, -0.2) is 29.4 Å². The molecule has 0 saturated carbocycles. The van der Waals surface area contributed by atoms with Crippen LogP contribution in [0.2, 0.25) is 5.02 Å². The number of nitrogens with one attached hydrogen (secondary N) is 1. The molecule has 0 fully saturated rings. The van der Waals surface area contributed by atoms with Crippen LogP contribution in [0, 0.1) is 0 Å². The van der Waals surface area contributed by atoms with E-state index in [1.807, 2.05) is 30.3 Å². The molecule has 2 rings (SSSR count). The summed E-state index contributed by atoms with van der Waals surface area (Å²) in [5.74, 6) is 0. The zero-order valence-corrected chi connectivity index (χ0v) is 15.4. The van der Waals surface area contributed by atoms with E-state index < -0.39 is 6.10 Å². The van der Waals surface area contributed by atoms with Crippen molar-refractivity contribution in [3.8, 4) is 0 Å². The Morgan fingerprint density at radius 3 is 2.33 bits per heavy atom. The van der Waals surface area contributed by atoms with Crippen LogP contribution < -0.4 is 11.1 Å². The minimum absolute atomic E-state index is 0. The van der Waals surface area contributed by atoms with Crippen molar-refractivity contribution in [3.63, 3.8) is 0 Å². The molecule has 0 aliphatic heterocycles. The Kier molecular flexibility index (Phi) is 11.0. The zero-order valence-electron chi connectivity index (χ0n) is 13.1.